The predicted octanol–water partition coefficient (Wildman–Crippen LogP) is 1.45. The Labute approximate surface area is 162 Å². The van der Waals surface area contributed by atoms with E-state index in [0.29, 0.717) is 24.2 Å². The van der Waals surface area contributed by atoms with Crippen LogP contribution in [0.4, 0.5) is 0 Å². The quantitative estimate of drug-likeness (QED) is 0.662. The highest BCUT2D eigenvalue weighted by Gasteiger charge is 2.32. The van der Waals surface area contributed by atoms with Crippen LogP contribution in [0.1, 0.15) is 23.2 Å². The largest absolute Gasteiger partial charge is 0.272 e. The molecule has 0 radical (unpaired) electrons. The molecule has 0 amide bonds. The lowest BCUT2D eigenvalue weighted by Crippen LogP contribution is -2.37. The van der Waals surface area contributed by atoms with Crippen LogP contribution in [0.15, 0.2) is 35.3 Å². The molecule has 0 bridgehead atoms. The third-order valence-corrected chi connectivity index (χ3v) is 7.15. The zero-order chi connectivity index (χ0) is 20.1. The zero-order valence-electron chi connectivity index (χ0n) is 15.8. The molecule has 3 aromatic rings. The normalized spacial score (nSPS) is 15.9. The first-order chi connectivity index (χ1) is 13.3. The average Bonchev–Trinajstić information content (AvgIpc) is 3.27. The van der Waals surface area contributed by atoms with Crippen molar-refractivity contribution in [3.05, 3.63) is 47.2 Å². The molecule has 28 heavy (non-hydrogen) atoms. The van der Waals surface area contributed by atoms with E-state index in [4.69, 9.17) is 0 Å². The van der Waals surface area contributed by atoms with E-state index in [1.54, 1.807) is 18.5 Å². The molecule has 0 saturated heterocycles. The Kier molecular flexibility index (Phi) is 4.28. The molecule has 4 heterocycles. The first-order valence-corrected chi connectivity index (χ1v) is 10.2. The number of aryl methyl sites for hydroxylation is 2. The third kappa shape index (κ3) is 2.80. The van der Waals surface area contributed by atoms with Gasteiger partial charge in [-0.2, -0.15) is 19.8 Å². The van der Waals surface area contributed by atoms with Gasteiger partial charge in [-0.3, -0.25) is 4.68 Å². The Bertz CT molecular complexity index is 1260. The van der Waals surface area contributed by atoms with E-state index in [1.807, 2.05) is 19.2 Å². The summed E-state index contributed by atoms with van der Waals surface area (Å²) in [5.41, 5.74) is 4.46. The second-order valence-electron chi connectivity index (χ2n) is 6.81. The molecule has 1 aliphatic heterocycles. The molecule has 0 atom stereocenters. The van der Waals surface area contributed by atoms with Gasteiger partial charge >= 0.3 is 0 Å². The number of hydrogen-bond donors (Lipinski definition) is 0. The second kappa shape index (κ2) is 6.54. The fourth-order valence-electron chi connectivity index (χ4n) is 3.49. The van der Waals surface area contributed by atoms with Crippen LogP contribution in [0.25, 0.3) is 11.2 Å². The minimum Gasteiger partial charge on any atom is -0.272 e. The van der Waals surface area contributed by atoms with Crippen molar-refractivity contribution in [1.29, 1.82) is 5.26 Å². The SMILES string of the molecule is Cc1cc2ncnn2cc1C1=C(C#N)CN(S(=O)(=O)c2cnn(C)c2C)CC1. The van der Waals surface area contributed by atoms with Crippen molar-refractivity contribution in [2.24, 2.45) is 7.05 Å². The van der Waals surface area contributed by atoms with Gasteiger partial charge < -0.3 is 0 Å². The van der Waals surface area contributed by atoms with Crippen molar-refractivity contribution >= 4 is 21.2 Å². The Balaban J connectivity index is 1.74. The maximum atomic E-state index is 13.1. The predicted molar refractivity (Wildman–Crippen MR) is 102 cm³/mol. The molecule has 0 spiro atoms. The maximum absolute atomic E-state index is 13.1. The highest BCUT2D eigenvalue weighted by Crippen LogP contribution is 2.32. The van der Waals surface area contributed by atoms with Crippen molar-refractivity contribution < 1.29 is 8.42 Å². The Morgan fingerprint density at radius 2 is 2.04 bits per heavy atom. The number of aromatic nitrogens is 5. The summed E-state index contributed by atoms with van der Waals surface area (Å²) in [7, 11) is -2.02. The molecular weight excluding hydrogens is 378 g/mol. The van der Waals surface area contributed by atoms with E-state index in [0.717, 1.165) is 22.3 Å². The fraction of sp³-hybridized carbons (Fsp3) is 0.333. The van der Waals surface area contributed by atoms with Gasteiger partial charge in [-0.15, -0.1) is 0 Å². The first kappa shape index (κ1) is 18.3. The molecule has 0 aliphatic carbocycles. The lowest BCUT2D eigenvalue weighted by Gasteiger charge is -2.28. The molecule has 0 N–H and O–H groups in total. The molecule has 3 aromatic heterocycles. The molecule has 0 fully saturated rings. The summed E-state index contributed by atoms with van der Waals surface area (Å²) in [6.45, 7) is 4.00. The van der Waals surface area contributed by atoms with Gasteiger partial charge in [0, 0.05) is 37.5 Å². The fourth-order valence-corrected chi connectivity index (χ4v) is 5.08. The van der Waals surface area contributed by atoms with Crippen LogP contribution in [0.2, 0.25) is 0 Å². The molecule has 4 rings (SSSR count). The van der Waals surface area contributed by atoms with Crippen molar-refractivity contribution in [2.75, 3.05) is 13.1 Å². The summed E-state index contributed by atoms with van der Waals surface area (Å²) in [6, 6.07) is 4.11. The van der Waals surface area contributed by atoms with Crippen LogP contribution < -0.4 is 0 Å². The topological polar surface area (TPSA) is 109 Å². The maximum Gasteiger partial charge on any atom is 0.246 e. The number of hydrogen-bond acceptors (Lipinski definition) is 6. The highest BCUT2D eigenvalue weighted by molar-refractivity contribution is 7.89. The van der Waals surface area contributed by atoms with Gasteiger partial charge in [-0.25, -0.2) is 17.9 Å². The van der Waals surface area contributed by atoms with Gasteiger partial charge in [-0.1, -0.05) is 0 Å². The first-order valence-electron chi connectivity index (χ1n) is 8.74. The van der Waals surface area contributed by atoms with Gasteiger partial charge in [0.2, 0.25) is 10.0 Å². The number of nitriles is 1. The number of fused-ring (bicyclic) bond motifs is 1. The Hall–Kier alpha value is -3.03. The minimum absolute atomic E-state index is 0.0390. The van der Waals surface area contributed by atoms with Crippen molar-refractivity contribution in [2.45, 2.75) is 25.2 Å². The van der Waals surface area contributed by atoms with Gasteiger partial charge in [-0.05, 0) is 37.5 Å². The van der Waals surface area contributed by atoms with Gasteiger partial charge in [0.05, 0.1) is 18.0 Å². The van der Waals surface area contributed by atoms with Crippen LogP contribution in [0.3, 0.4) is 0 Å². The van der Waals surface area contributed by atoms with Crippen molar-refractivity contribution in [3.63, 3.8) is 0 Å². The highest BCUT2D eigenvalue weighted by atomic mass is 32.2. The molecular formula is C18H19N7O2S. The van der Waals surface area contributed by atoms with Crippen LogP contribution in [-0.2, 0) is 17.1 Å². The Morgan fingerprint density at radius 1 is 1.25 bits per heavy atom. The van der Waals surface area contributed by atoms with Crippen LogP contribution in [0.5, 0.6) is 0 Å². The van der Waals surface area contributed by atoms with Crippen LogP contribution >= 0.6 is 0 Å². The van der Waals surface area contributed by atoms with Gasteiger partial charge in [0.25, 0.3) is 0 Å². The summed E-state index contributed by atoms with van der Waals surface area (Å²) >= 11 is 0. The molecule has 0 aromatic carbocycles. The summed E-state index contributed by atoms with van der Waals surface area (Å²) < 4.78 is 30.6. The van der Waals surface area contributed by atoms with Crippen LogP contribution in [0, 0.1) is 25.2 Å². The van der Waals surface area contributed by atoms with Crippen molar-refractivity contribution in [1.82, 2.24) is 28.7 Å². The molecule has 1 aliphatic rings. The van der Waals surface area contributed by atoms with E-state index in [9.17, 15) is 13.7 Å². The number of pyridine rings is 1. The zero-order valence-corrected chi connectivity index (χ0v) is 16.6. The van der Waals surface area contributed by atoms with E-state index in [2.05, 4.69) is 21.3 Å². The van der Waals surface area contributed by atoms with Gasteiger partial charge in [0.15, 0.2) is 5.65 Å². The average molecular weight is 397 g/mol. The summed E-state index contributed by atoms with van der Waals surface area (Å²) in [4.78, 5) is 4.35. The lowest BCUT2D eigenvalue weighted by molar-refractivity contribution is 0.435. The summed E-state index contributed by atoms with van der Waals surface area (Å²) in [5, 5.41) is 17.9. The van der Waals surface area contributed by atoms with E-state index < -0.39 is 10.0 Å². The summed E-state index contributed by atoms with van der Waals surface area (Å²) in [5.74, 6) is 0. The minimum atomic E-state index is -3.72. The van der Waals surface area contributed by atoms with E-state index >= 15 is 0 Å². The molecule has 144 valence electrons. The van der Waals surface area contributed by atoms with Crippen LogP contribution in [-0.4, -0.2) is 50.2 Å². The molecule has 10 heteroatoms. The smallest absolute Gasteiger partial charge is 0.246 e. The van der Waals surface area contributed by atoms with E-state index in [1.165, 1.54) is 21.5 Å². The number of nitrogens with zero attached hydrogens (tertiary/aromatic N) is 7. The van der Waals surface area contributed by atoms with Gasteiger partial charge in [0.1, 0.15) is 11.2 Å². The number of sulfonamides is 1. The Morgan fingerprint density at radius 3 is 2.71 bits per heavy atom. The van der Waals surface area contributed by atoms with Crippen molar-refractivity contribution in [3.8, 4) is 6.07 Å². The lowest BCUT2D eigenvalue weighted by atomic mass is 9.93. The summed E-state index contributed by atoms with van der Waals surface area (Å²) in [6.07, 6.45) is 5.13. The number of rotatable bonds is 3. The second-order valence-corrected chi connectivity index (χ2v) is 8.71. The third-order valence-electron chi connectivity index (χ3n) is 5.20. The molecule has 0 unspecified atom stereocenters. The molecule has 0 saturated carbocycles. The molecule has 9 nitrogen and oxygen atoms in total. The monoisotopic (exact) mass is 397 g/mol. The van der Waals surface area contributed by atoms with E-state index in [-0.39, 0.29) is 11.4 Å². The standard InChI is InChI=1S/C18H19N7O2S/c1-12-6-18-20-11-22-25(18)10-16(12)15-4-5-24(9-14(15)7-19)28(26,27)17-8-21-23(3)13(17)2/h6,8,10-11H,4-5,9H2,1-3H3.